The molecule has 0 aliphatic rings. The first kappa shape index (κ1) is 14.3. The highest BCUT2D eigenvalue weighted by Crippen LogP contribution is 2.21. The maximum atomic E-state index is 5.58. The number of aryl methyl sites for hydroxylation is 1. The summed E-state index contributed by atoms with van der Waals surface area (Å²) in [6.07, 6.45) is 6.13. The Bertz CT molecular complexity index is 552. The Morgan fingerprint density at radius 2 is 1.95 bits per heavy atom. The van der Waals surface area contributed by atoms with Crippen molar-refractivity contribution in [2.45, 2.75) is 39.7 Å². The maximum absolute atomic E-state index is 5.58. The minimum absolute atomic E-state index is 0.525. The smallest absolute Gasteiger partial charge is 0.213 e. The van der Waals surface area contributed by atoms with Gasteiger partial charge in [0.05, 0.1) is 12.7 Å². The fraction of sp³-hybridized carbons (Fsp3) is 0.500. The molecule has 0 fully saturated rings. The van der Waals surface area contributed by atoms with Crippen molar-refractivity contribution >= 4 is 11.6 Å². The zero-order chi connectivity index (χ0) is 14.4. The predicted molar refractivity (Wildman–Crippen MR) is 78.8 cm³/mol. The van der Waals surface area contributed by atoms with Crippen LogP contribution < -0.4 is 10.6 Å². The summed E-state index contributed by atoms with van der Waals surface area (Å²) in [6, 6.07) is 0. The van der Waals surface area contributed by atoms with Crippen molar-refractivity contribution in [2.75, 3.05) is 17.7 Å². The fourth-order valence-corrected chi connectivity index (χ4v) is 2.02. The summed E-state index contributed by atoms with van der Waals surface area (Å²) in [5.41, 5.74) is 1.10. The molecule has 0 unspecified atom stereocenters. The molecule has 2 N–H and O–H groups in total. The van der Waals surface area contributed by atoms with Gasteiger partial charge in [-0.25, -0.2) is 15.0 Å². The van der Waals surface area contributed by atoms with Crippen LogP contribution in [-0.4, -0.2) is 22.0 Å². The van der Waals surface area contributed by atoms with Gasteiger partial charge < -0.3 is 15.1 Å². The minimum atomic E-state index is 0.525. The predicted octanol–water partition coefficient (Wildman–Crippen LogP) is 2.63. The van der Waals surface area contributed by atoms with Crippen molar-refractivity contribution < 1.29 is 4.42 Å². The van der Waals surface area contributed by atoms with Gasteiger partial charge in [-0.3, -0.25) is 0 Å². The summed E-state index contributed by atoms with van der Waals surface area (Å²) in [7, 11) is 1.87. The van der Waals surface area contributed by atoms with E-state index in [2.05, 4.69) is 32.5 Å². The number of nitrogens with zero attached hydrogens (tertiary/aromatic N) is 3. The van der Waals surface area contributed by atoms with Gasteiger partial charge in [-0.15, -0.1) is 0 Å². The van der Waals surface area contributed by atoms with Gasteiger partial charge in [0.2, 0.25) is 5.89 Å². The van der Waals surface area contributed by atoms with Crippen molar-refractivity contribution in [1.82, 2.24) is 15.0 Å². The van der Waals surface area contributed by atoms with E-state index in [0.717, 1.165) is 42.2 Å². The Morgan fingerprint density at radius 1 is 1.15 bits per heavy atom. The van der Waals surface area contributed by atoms with Gasteiger partial charge in [-0.2, -0.15) is 0 Å². The Balaban J connectivity index is 2.11. The van der Waals surface area contributed by atoms with Crippen LogP contribution in [0.2, 0.25) is 0 Å². The van der Waals surface area contributed by atoms with Gasteiger partial charge in [0.25, 0.3) is 0 Å². The van der Waals surface area contributed by atoms with Gasteiger partial charge in [-0.1, -0.05) is 20.3 Å². The van der Waals surface area contributed by atoms with Gasteiger partial charge in [-0.05, 0) is 6.42 Å². The highest BCUT2D eigenvalue weighted by Gasteiger charge is 2.10. The van der Waals surface area contributed by atoms with Crippen molar-refractivity contribution in [2.24, 2.45) is 0 Å². The van der Waals surface area contributed by atoms with E-state index in [1.54, 1.807) is 12.5 Å². The third kappa shape index (κ3) is 3.26. The monoisotopic (exact) mass is 275 g/mol. The summed E-state index contributed by atoms with van der Waals surface area (Å²) in [6.45, 7) is 4.70. The first-order chi connectivity index (χ1) is 9.78. The van der Waals surface area contributed by atoms with Crippen LogP contribution in [-0.2, 0) is 19.4 Å². The lowest BCUT2D eigenvalue weighted by Crippen LogP contribution is -2.08. The van der Waals surface area contributed by atoms with Crippen LogP contribution in [0.4, 0.5) is 11.6 Å². The standard InChI is InChI=1S/C14H21N5O/c1-4-6-11-13(15-3)18-9-19-14(11)17-8-12-16-7-10(5-2)20-12/h7,9H,4-6,8H2,1-3H3,(H2,15,17,18,19). The molecular weight excluding hydrogens is 254 g/mol. The van der Waals surface area contributed by atoms with Gasteiger partial charge in [0.15, 0.2) is 0 Å². The molecule has 2 heterocycles. The van der Waals surface area contributed by atoms with Crippen LogP contribution >= 0.6 is 0 Å². The summed E-state index contributed by atoms with van der Waals surface area (Å²) < 4.78 is 5.58. The quantitative estimate of drug-likeness (QED) is 0.809. The third-order valence-electron chi connectivity index (χ3n) is 3.04. The lowest BCUT2D eigenvalue weighted by molar-refractivity contribution is 0.465. The minimum Gasteiger partial charge on any atom is -0.444 e. The number of oxazole rings is 1. The molecule has 20 heavy (non-hydrogen) atoms. The molecule has 6 nitrogen and oxygen atoms in total. The molecule has 2 aromatic rings. The second-order valence-corrected chi connectivity index (χ2v) is 4.48. The van der Waals surface area contributed by atoms with Crippen molar-refractivity contribution in [3.63, 3.8) is 0 Å². The van der Waals surface area contributed by atoms with E-state index in [9.17, 15) is 0 Å². The molecule has 6 heteroatoms. The van der Waals surface area contributed by atoms with E-state index < -0.39 is 0 Å². The SMILES string of the molecule is CCCc1c(NC)ncnc1NCc1ncc(CC)o1. The Morgan fingerprint density at radius 3 is 2.60 bits per heavy atom. The van der Waals surface area contributed by atoms with E-state index in [1.165, 1.54) is 0 Å². The van der Waals surface area contributed by atoms with Crippen molar-refractivity contribution in [1.29, 1.82) is 0 Å². The Kier molecular flexibility index (Phi) is 4.92. The van der Waals surface area contributed by atoms with Gasteiger partial charge in [0, 0.05) is 19.0 Å². The molecule has 0 saturated heterocycles. The first-order valence-electron chi connectivity index (χ1n) is 6.97. The normalized spacial score (nSPS) is 10.6. The van der Waals surface area contributed by atoms with Gasteiger partial charge in [0.1, 0.15) is 23.7 Å². The van der Waals surface area contributed by atoms with Crippen molar-refractivity contribution in [3.05, 3.63) is 29.7 Å². The highest BCUT2D eigenvalue weighted by atomic mass is 16.4. The molecule has 0 radical (unpaired) electrons. The second-order valence-electron chi connectivity index (χ2n) is 4.48. The summed E-state index contributed by atoms with van der Waals surface area (Å²) >= 11 is 0. The van der Waals surface area contributed by atoms with E-state index in [4.69, 9.17) is 4.42 Å². The van der Waals surface area contributed by atoms with E-state index >= 15 is 0 Å². The number of nitrogens with one attached hydrogen (secondary N) is 2. The summed E-state index contributed by atoms with van der Waals surface area (Å²) in [5.74, 6) is 3.27. The van der Waals surface area contributed by atoms with Crippen LogP contribution in [0.1, 0.15) is 37.5 Å². The molecule has 0 bridgehead atoms. The second kappa shape index (κ2) is 6.88. The average molecular weight is 275 g/mol. The lowest BCUT2D eigenvalue weighted by atomic mass is 10.1. The number of rotatable bonds is 7. The van der Waals surface area contributed by atoms with Crippen LogP contribution in [0, 0.1) is 0 Å². The van der Waals surface area contributed by atoms with Gasteiger partial charge >= 0.3 is 0 Å². The molecule has 0 spiro atoms. The van der Waals surface area contributed by atoms with E-state index in [1.807, 2.05) is 14.0 Å². The molecule has 0 atom stereocenters. The first-order valence-corrected chi connectivity index (χ1v) is 6.97. The molecule has 0 amide bonds. The largest absolute Gasteiger partial charge is 0.444 e. The highest BCUT2D eigenvalue weighted by molar-refractivity contribution is 5.57. The number of hydrogen-bond donors (Lipinski definition) is 2. The average Bonchev–Trinajstić information content (AvgIpc) is 2.94. The van der Waals surface area contributed by atoms with Crippen LogP contribution in [0.15, 0.2) is 16.9 Å². The number of hydrogen-bond acceptors (Lipinski definition) is 6. The molecular formula is C14H21N5O. The van der Waals surface area contributed by atoms with Crippen molar-refractivity contribution in [3.8, 4) is 0 Å². The number of aromatic nitrogens is 3. The molecule has 0 saturated carbocycles. The molecule has 2 rings (SSSR count). The third-order valence-corrected chi connectivity index (χ3v) is 3.04. The summed E-state index contributed by atoms with van der Waals surface area (Å²) in [4.78, 5) is 12.8. The molecule has 2 aromatic heterocycles. The number of anilines is 2. The van der Waals surface area contributed by atoms with Crippen LogP contribution in [0.5, 0.6) is 0 Å². The summed E-state index contributed by atoms with van der Waals surface area (Å²) in [5, 5.41) is 6.38. The molecule has 0 aromatic carbocycles. The molecule has 0 aliphatic carbocycles. The zero-order valence-corrected chi connectivity index (χ0v) is 12.2. The zero-order valence-electron chi connectivity index (χ0n) is 12.2. The topological polar surface area (TPSA) is 75.9 Å². The van der Waals surface area contributed by atoms with E-state index in [-0.39, 0.29) is 0 Å². The van der Waals surface area contributed by atoms with Crippen LogP contribution in [0.25, 0.3) is 0 Å². The Labute approximate surface area is 119 Å². The molecule has 108 valence electrons. The maximum Gasteiger partial charge on any atom is 0.213 e. The van der Waals surface area contributed by atoms with Crippen LogP contribution in [0.3, 0.4) is 0 Å². The Hall–Kier alpha value is -2.11. The lowest BCUT2D eigenvalue weighted by Gasteiger charge is -2.12. The fourth-order valence-electron chi connectivity index (χ4n) is 2.02. The van der Waals surface area contributed by atoms with E-state index in [0.29, 0.717) is 12.4 Å². The molecule has 0 aliphatic heterocycles.